The van der Waals surface area contributed by atoms with Crippen LogP contribution in [0.1, 0.15) is 34.6 Å². The summed E-state index contributed by atoms with van der Waals surface area (Å²) in [6.07, 6.45) is -0.556. The van der Waals surface area contributed by atoms with Gasteiger partial charge in [0.1, 0.15) is 12.7 Å². The molecule has 0 aliphatic carbocycles. The Kier molecular flexibility index (Phi) is 7.95. The van der Waals surface area contributed by atoms with E-state index in [2.05, 4.69) is 39.2 Å². The normalized spacial score (nSPS) is 12.4. The summed E-state index contributed by atoms with van der Waals surface area (Å²) in [6, 6.07) is 0. The van der Waals surface area contributed by atoms with Gasteiger partial charge in [0.2, 0.25) is 0 Å². The van der Waals surface area contributed by atoms with Crippen LogP contribution in [-0.2, 0) is 19.1 Å². The largest absolute Gasteiger partial charge is 0.458 e. The van der Waals surface area contributed by atoms with Crippen molar-refractivity contribution in [2.75, 3.05) is 19.7 Å². The Hall–Kier alpha value is -1.62. The third-order valence-corrected chi connectivity index (χ3v) is 2.40. The van der Waals surface area contributed by atoms with Crippen LogP contribution in [0.25, 0.3) is 0 Å². The van der Waals surface area contributed by atoms with E-state index in [4.69, 9.17) is 9.47 Å². The maximum absolute atomic E-state index is 11.6. The van der Waals surface area contributed by atoms with Crippen LogP contribution in [0.5, 0.6) is 0 Å². The monoisotopic (exact) mass is 297 g/mol. The lowest BCUT2D eigenvalue weighted by Gasteiger charge is -2.22. The first-order chi connectivity index (χ1) is 9.53. The van der Waals surface area contributed by atoms with Crippen molar-refractivity contribution in [3.8, 4) is 0 Å². The van der Waals surface area contributed by atoms with Gasteiger partial charge < -0.3 is 14.8 Å². The van der Waals surface area contributed by atoms with Crippen molar-refractivity contribution < 1.29 is 19.1 Å². The fraction of sp³-hybridized carbons (Fsp3) is 0.625. The molecule has 0 fully saturated rings. The molecule has 1 atom stereocenters. The van der Waals surface area contributed by atoms with Gasteiger partial charge in [0, 0.05) is 24.2 Å². The molecule has 0 radical (unpaired) electrons. The van der Waals surface area contributed by atoms with E-state index in [0.717, 1.165) is 6.54 Å². The van der Waals surface area contributed by atoms with E-state index in [-0.39, 0.29) is 12.0 Å². The van der Waals surface area contributed by atoms with Crippen molar-refractivity contribution in [1.29, 1.82) is 0 Å². The molecule has 1 unspecified atom stereocenters. The quantitative estimate of drug-likeness (QED) is 0.550. The molecule has 5 heteroatoms. The lowest BCUT2D eigenvalue weighted by atomic mass is 9.97. The summed E-state index contributed by atoms with van der Waals surface area (Å²) in [6.45, 7) is 17.6. The van der Waals surface area contributed by atoms with E-state index in [9.17, 15) is 9.59 Å². The Morgan fingerprint density at radius 2 is 1.62 bits per heavy atom. The van der Waals surface area contributed by atoms with Gasteiger partial charge in [-0.2, -0.15) is 0 Å². The first-order valence-corrected chi connectivity index (χ1v) is 6.93. The van der Waals surface area contributed by atoms with Gasteiger partial charge >= 0.3 is 11.9 Å². The van der Waals surface area contributed by atoms with Crippen LogP contribution in [0.15, 0.2) is 24.3 Å². The molecule has 5 nitrogen and oxygen atoms in total. The summed E-state index contributed by atoms with van der Waals surface area (Å²) in [5.74, 6) is -0.994. The molecule has 0 saturated heterocycles. The molecule has 0 amide bonds. The average molecular weight is 297 g/mol. The molecule has 120 valence electrons. The highest BCUT2D eigenvalue weighted by molar-refractivity contribution is 5.87. The smallest absolute Gasteiger partial charge is 0.333 e. The highest BCUT2D eigenvalue weighted by atomic mass is 16.6. The first kappa shape index (κ1) is 19.4. The lowest BCUT2D eigenvalue weighted by Crippen LogP contribution is -2.38. The molecule has 0 aromatic carbocycles. The standard InChI is InChI=1S/C16H27NO4/c1-11(2)14(18)20-9-13(21-15(19)12(3)4)8-17-10-16(5,6)7/h13,17H,1,3,8-10H2,2,4-7H3. The van der Waals surface area contributed by atoms with Gasteiger partial charge in [-0.05, 0) is 19.3 Å². The predicted octanol–water partition coefficient (Wildman–Crippen LogP) is 2.23. The fourth-order valence-corrected chi connectivity index (χ4v) is 1.29. The number of hydrogen-bond donors (Lipinski definition) is 1. The summed E-state index contributed by atoms with van der Waals surface area (Å²) in [4.78, 5) is 23.0. The highest BCUT2D eigenvalue weighted by Gasteiger charge is 2.19. The van der Waals surface area contributed by atoms with E-state index in [1.807, 2.05) is 0 Å². The highest BCUT2D eigenvalue weighted by Crippen LogP contribution is 2.10. The molecule has 0 spiro atoms. The summed E-state index contributed by atoms with van der Waals surface area (Å²) in [7, 11) is 0. The van der Waals surface area contributed by atoms with Gasteiger partial charge in [-0.3, -0.25) is 0 Å². The third-order valence-electron chi connectivity index (χ3n) is 2.40. The van der Waals surface area contributed by atoms with Crippen LogP contribution in [0.4, 0.5) is 0 Å². The lowest BCUT2D eigenvalue weighted by molar-refractivity contribution is -0.153. The molecule has 0 rings (SSSR count). The van der Waals surface area contributed by atoms with Crippen molar-refractivity contribution in [3.63, 3.8) is 0 Å². The Labute approximate surface area is 127 Å². The zero-order valence-corrected chi connectivity index (χ0v) is 13.7. The van der Waals surface area contributed by atoms with E-state index in [0.29, 0.717) is 17.7 Å². The number of rotatable bonds is 8. The second kappa shape index (κ2) is 8.62. The molecular weight excluding hydrogens is 270 g/mol. The molecule has 1 N–H and O–H groups in total. The van der Waals surface area contributed by atoms with E-state index in [1.165, 1.54) is 0 Å². The van der Waals surface area contributed by atoms with Gasteiger partial charge in [0.25, 0.3) is 0 Å². The van der Waals surface area contributed by atoms with Crippen LogP contribution in [-0.4, -0.2) is 37.7 Å². The Morgan fingerprint density at radius 3 is 2.05 bits per heavy atom. The summed E-state index contributed by atoms with van der Waals surface area (Å²) in [5, 5.41) is 3.20. The molecule has 0 bridgehead atoms. The maximum Gasteiger partial charge on any atom is 0.333 e. The van der Waals surface area contributed by atoms with E-state index >= 15 is 0 Å². The molecule has 0 aromatic heterocycles. The van der Waals surface area contributed by atoms with Crippen LogP contribution in [0, 0.1) is 5.41 Å². The maximum atomic E-state index is 11.6. The fourth-order valence-electron chi connectivity index (χ4n) is 1.29. The van der Waals surface area contributed by atoms with Crippen LogP contribution in [0.2, 0.25) is 0 Å². The second-order valence-corrected chi connectivity index (χ2v) is 6.38. The van der Waals surface area contributed by atoms with Crippen LogP contribution < -0.4 is 5.32 Å². The van der Waals surface area contributed by atoms with Crippen LogP contribution in [0.3, 0.4) is 0 Å². The minimum atomic E-state index is -0.556. The summed E-state index contributed by atoms with van der Waals surface area (Å²) >= 11 is 0. The van der Waals surface area contributed by atoms with Crippen molar-refractivity contribution in [2.45, 2.75) is 40.7 Å². The zero-order chi connectivity index (χ0) is 16.6. The van der Waals surface area contributed by atoms with E-state index < -0.39 is 18.0 Å². The third kappa shape index (κ3) is 9.85. The number of hydrogen-bond acceptors (Lipinski definition) is 5. The van der Waals surface area contributed by atoms with Crippen molar-refractivity contribution in [2.24, 2.45) is 5.41 Å². The number of ether oxygens (including phenoxy) is 2. The number of nitrogens with one attached hydrogen (secondary N) is 1. The van der Waals surface area contributed by atoms with Gasteiger partial charge in [0.15, 0.2) is 0 Å². The molecule has 0 aliphatic rings. The molecule has 0 aromatic rings. The minimum absolute atomic E-state index is 0.0120. The number of carbonyl (C=O) groups excluding carboxylic acids is 2. The van der Waals surface area contributed by atoms with Crippen LogP contribution >= 0.6 is 0 Å². The Bertz CT molecular complexity index is 407. The molecule has 0 heterocycles. The Balaban J connectivity index is 4.47. The zero-order valence-electron chi connectivity index (χ0n) is 13.7. The minimum Gasteiger partial charge on any atom is -0.458 e. The topological polar surface area (TPSA) is 64.6 Å². The van der Waals surface area contributed by atoms with Gasteiger partial charge in [-0.25, -0.2) is 9.59 Å². The number of carbonyl (C=O) groups is 2. The van der Waals surface area contributed by atoms with Gasteiger partial charge in [-0.15, -0.1) is 0 Å². The first-order valence-electron chi connectivity index (χ1n) is 6.93. The predicted molar refractivity (Wildman–Crippen MR) is 82.8 cm³/mol. The Morgan fingerprint density at radius 1 is 1.10 bits per heavy atom. The molecular formula is C16H27NO4. The number of esters is 2. The molecule has 0 aliphatic heterocycles. The second-order valence-electron chi connectivity index (χ2n) is 6.38. The van der Waals surface area contributed by atoms with Crippen molar-refractivity contribution in [3.05, 3.63) is 24.3 Å². The van der Waals surface area contributed by atoms with E-state index in [1.54, 1.807) is 13.8 Å². The van der Waals surface area contributed by atoms with Gasteiger partial charge in [-0.1, -0.05) is 33.9 Å². The SMILES string of the molecule is C=C(C)C(=O)OCC(CNCC(C)(C)C)OC(=O)C(=C)C. The molecule has 0 saturated carbocycles. The molecule has 21 heavy (non-hydrogen) atoms. The van der Waals surface area contributed by atoms with Gasteiger partial charge in [0.05, 0.1) is 0 Å². The van der Waals surface area contributed by atoms with Crippen molar-refractivity contribution in [1.82, 2.24) is 5.32 Å². The van der Waals surface area contributed by atoms with Crippen molar-refractivity contribution >= 4 is 11.9 Å². The summed E-state index contributed by atoms with van der Waals surface area (Å²) < 4.78 is 10.3. The summed E-state index contributed by atoms with van der Waals surface area (Å²) in [5.41, 5.74) is 0.724. The average Bonchev–Trinajstić information content (AvgIpc) is 2.33.